The Morgan fingerprint density at radius 2 is 0.929 bits per heavy atom. The van der Waals surface area contributed by atoms with E-state index in [1.54, 1.807) is 0 Å². The van der Waals surface area contributed by atoms with E-state index >= 15 is 0 Å². The van der Waals surface area contributed by atoms with Crippen molar-refractivity contribution in [2.45, 2.75) is 0 Å². The SMILES string of the molecule is Brc1ccc(C=P(c2ccccc2)(c2ccccc2)c2ccccc2)cc1Br. The molecule has 28 heavy (non-hydrogen) atoms. The van der Waals surface area contributed by atoms with Crippen LogP contribution in [0.25, 0.3) is 0 Å². The third-order valence-corrected chi connectivity index (χ3v) is 10.7. The van der Waals surface area contributed by atoms with E-state index in [0.29, 0.717) is 0 Å². The minimum atomic E-state index is -1.97. The van der Waals surface area contributed by atoms with Gasteiger partial charge < -0.3 is 0 Å². The molecule has 0 spiro atoms. The summed E-state index contributed by atoms with van der Waals surface area (Å²) in [5.41, 5.74) is 1.21. The van der Waals surface area contributed by atoms with Crippen molar-refractivity contribution in [3.8, 4) is 0 Å². The third kappa shape index (κ3) is 3.82. The van der Waals surface area contributed by atoms with Gasteiger partial charge in [-0.15, -0.1) is 0 Å². The van der Waals surface area contributed by atoms with Gasteiger partial charge in [0.15, 0.2) is 0 Å². The van der Waals surface area contributed by atoms with E-state index in [9.17, 15) is 0 Å². The van der Waals surface area contributed by atoms with Gasteiger partial charge in [-0.25, -0.2) is 0 Å². The number of rotatable bonds is 4. The fraction of sp³-hybridized carbons (Fsp3) is 0. The number of benzene rings is 4. The van der Waals surface area contributed by atoms with E-state index in [-0.39, 0.29) is 0 Å². The van der Waals surface area contributed by atoms with E-state index in [2.05, 4.69) is 147 Å². The number of hydrogen-bond acceptors (Lipinski definition) is 0. The third-order valence-electron chi connectivity index (χ3n) is 4.78. The monoisotopic (exact) mass is 508 g/mol. The Kier molecular flexibility index (Phi) is 6.01. The zero-order valence-electron chi connectivity index (χ0n) is 15.2. The summed E-state index contributed by atoms with van der Waals surface area (Å²) in [5.74, 6) is 2.48. The molecule has 0 saturated carbocycles. The van der Waals surface area contributed by atoms with Crippen molar-refractivity contribution in [1.29, 1.82) is 0 Å². The quantitative estimate of drug-likeness (QED) is 0.281. The lowest BCUT2D eigenvalue weighted by molar-refractivity contribution is 1.58. The molecule has 0 bridgehead atoms. The van der Waals surface area contributed by atoms with Crippen molar-refractivity contribution in [1.82, 2.24) is 0 Å². The van der Waals surface area contributed by atoms with Gasteiger partial charge >= 0.3 is 0 Å². The maximum absolute atomic E-state index is 3.67. The summed E-state index contributed by atoms with van der Waals surface area (Å²) in [5, 5.41) is 4.06. The van der Waals surface area contributed by atoms with Gasteiger partial charge in [0, 0.05) is 8.95 Å². The molecule has 0 nitrogen and oxygen atoms in total. The van der Waals surface area contributed by atoms with Crippen LogP contribution in [0.1, 0.15) is 5.56 Å². The van der Waals surface area contributed by atoms with E-state index in [1.807, 2.05) is 0 Å². The zero-order chi connectivity index (χ0) is 19.4. The van der Waals surface area contributed by atoms with Crippen LogP contribution in [-0.2, 0) is 0 Å². The first-order chi connectivity index (χ1) is 13.7. The molecule has 0 aliphatic carbocycles. The van der Waals surface area contributed by atoms with Gasteiger partial charge in [0.1, 0.15) is 0 Å². The normalized spacial score (nSPS) is 11.2. The summed E-state index contributed by atoms with van der Waals surface area (Å²) in [6, 6.07) is 39.1. The predicted molar refractivity (Wildman–Crippen MR) is 132 cm³/mol. The lowest BCUT2D eigenvalue weighted by Gasteiger charge is -2.29. The van der Waals surface area contributed by atoms with Crippen LogP contribution in [0.5, 0.6) is 0 Å². The van der Waals surface area contributed by atoms with Crippen LogP contribution in [0.4, 0.5) is 0 Å². The molecule has 138 valence electrons. The summed E-state index contributed by atoms with van der Waals surface area (Å²) in [6.07, 6.45) is 0. The second kappa shape index (κ2) is 8.66. The van der Waals surface area contributed by atoms with Crippen LogP contribution in [0.2, 0.25) is 0 Å². The predicted octanol–water partition coefficient (Wildman–Crippen LogP) is 6.36. The molecular formula is C25H19Br2P. The Bertz CT molecular complexity index is 1020. The Balaban J connectivity index is 2.12. The van der Waals surface area contributed by atoms with Gasteiger partial charge in [-0.1, -0.05) is 97.1 Å². The van der Waals surface area contributed by atoms with Crippen LogP contribution in [0.3, 0.4) is 0 Å². The summed E-state index contributed by atoms with van der Waals surface area (Å²) in [6.45, 7) is -1.97. The Labute approximate surface area is 183 Å². The van der Waals surface area contributed by atoms with Crippen molar-refractivity contribution in [2.24, 2.45) is 0 Å². The molecule has 0 saturated heterocycles. The molecule has 3 heteroatoms. The molecule has 4 aromatic carbocycles. The largest absolute Gasteiger partial charge is 0.0622 e. The maximum atomic E-state index is 3.67. The van der Waals surface area contributed by atoms with Crippen molar-refractivity contribution in [3.63, 3.8) is 0 Å². The molecule has 0 amide bonds. The van der Waals surface area contributed by atoms with Crippen LogP contribution < -0.4 is 15.9 Å². The lowest BCUT2D eigenvalue weighted by atomic mass is 10.2. The highest BCUT2D eigenvalue weighted by Crippen LogP contribution is 2.44. The number of halogens is 2. The molecule has 0 aliphatic rings. The highest BCUT2D eigenvalue weighted by atomic mass is 79.9. The van der Waals surface area contributed by atoms with Gasteiger partial charge in [-0.2, -0.15) is 0 Å². The maximum Gasteiger partial charge on any atom is 0.0323 e. The first kappa shape index (κ1) is 19.5. The molecule has 0 aromatic heterocycles. The molecule has 0 fully saturated rings. The van der Waals surface area contributed by atoms with Crippen LogP contribution in [0.15, 0.2) is 118 Å². The summed E-state index contributed by atoms with van der Waals surface area (Å²) in [7, 11) is 0. The first-order valence-electron chi connectivity index (χ1n) is 9.07. The van der Waals surface area contributed by atoms with Crippen LogP contribution in [-0.4, -0.2) is 5.80 Å². The highest BCUT2D eigenvalue weighted by Gasteiger charge is 2.24. The van der Waals surface area contributed by atoms with Gasteiger partial charge in [0.05, 0.1) is 0 Å². The van der Waals surface area contributed by atoms with Crippen LogP contribution in [0, 0.1) is 0 Å². The standard InChI is InChI=1S/C25H19Br2P/c26-24-17-16-20(18-25(24)27)19-28(21-10-4-1-5-11-21,22-12-6-2-7-13-22)23-14-8-3-9-15-23/h1-19H. The molecule has 0 radical (unpaired) electrons. The van der Waals surface area contributed by atoms with Gasteiger partial charge in [0.2, 0.25) is 0 Å². The molecule has 0 heterocycles. The Hall–Kier alpha value is -1.86. The molecule has 0 unspecified atom stereocenters. The van der Waals surface area contributed by atoms with Gasteiger partial charge in [-0.3, -0.25) is 0 Å². The molecule has 0 atom stereocenters. The zero-order valence-corrected chi connectivity index (χ0v) is 19.2. The topological polar surface area (TPSA) is 0 Å². The van der Waals surface area contributed by atoms with Crippen molar-refractivity contribution in [2.75, 3.05) is 0 Å². The summed E-state index contributed by atoms with van der Waals surface area (Å²) >= 11 is 7.26. The van der Waals surface area contributed by atoms with Crippen molar-refractivity contribution in [3.05, 3.63) is 124 Å². The summed E-state index contributed by atoms with van der Waals surface area (Å²) < 4.78 is 2.13. The van der Waals surface area contributed by atoms with Gasteiger partial charge in [0.25, 0.3) is 0 Å². The van der Waals surface area contributed by atoms with Crippen molar-refractivity contribution < 1.29 is 0 Å². The van der Waals surface area contributed by atoms with Crippen LogP contribution >= 0.6 is 38.7 Å². The molecule has 4 aromatic rings. The highest BCUT2D eigenvalue weighted by molar-refractivity contribution is 9.13. The fourth-order valence-electron chi connectivity index (χ4n) is 3.48. The average Bonchev–Trinajstić information content (AvgIpc) is 2.76. The Morgan fingerprint density at radius 3 is 1.32 bits per heavy atom. The van der Waals surface area contributed by atoms with Gasteiger partial charge in [-0.05, 0) is 78.2 Å². The smallest absolute Gasteiger partial charge is 0.0323 e. The van der Waals surface area contributed by atoms with Crippen molar-refractivity contribution >= 4 is 60.5 Å². The van der Waals surface area contributed by atoms with E-state index in [4.69, 9.17) is 0 Å². The second-order valence-electron chi connectivity index (χ2n) is 6.53. The molecule has 0 N–H and O–H groups in total. The second-order valence-corrected chi connectivity index (χ2v) is 11.5. The van der Waals surface area contributed by atoms with E-state index in [0.717, 1.165) is 8.95 Å². The first-order valence-corrected chi connectivity index (χ1v) is 12.5. The van der Waals surface area contributed by atoms with E-state index in [1.165, 1.54) is 21.5 Å². The van der Waals surface area contributed by atoms with E-state index < -0.39 is 6.89 Å². The number of hydrogen-bond donors (Lipinski definition) is 0. The summed E-state index contributed by atoms with van der Waals surface area (Å²) in [4.78, 5) is 0. The average molecular weight is 510 g/mol. The lowest BCUT2D eigenvalue weighted by Crippen LogP contribution is -2.27. The molecule has 0 aliphatic heterocycles. The molecule has 4 rings (SSSR count). The minimum Gasteiger partial charge on any atom is -0.0622 e. The Morgan fingerprint density at radius 1 is 0.500 bits per heavy atom. The minimum absolute atomic E-state index is 1.06. The molecular weight excluding hydrogens is 491 g/mol. The fourth-order valence-corrected chi connectivity index (χ4v) is 8.00.